The number of ether oxygens (including phenoxy) is 4. The van der Waals surface area contributed by atoms with E-state index in [0.29, 0.717) is 18.1 Å². The minimum absolute atomic E-state index is 0.0510. The van der Waals surface area contributed by atoms with Crippen molar-refractivity contribution in [1.29, 1.82) is 0 Å². The van der Waals surface area contributed by atoms with Gasteiger partial charge in [-0.3, -0.25) is 4.79 Å². The van der Waals surface area contributed by atoms with Gasteiger partial charge >= 0.3 is 5.97 Å². The molecule has 0 unspecified atom stereocenters. The SMILES string of the molecule is CCOC(=O)C[C@@H]1O[C@@H](C)Cc2cc(OC)c(OC)cc21. The van der Waals surface area contributed by atoms with Crippen molar-refractivity contribution in [1.82, 2.24) is 0 Å². The Hall–Kier alpha value is -1.75. The molecule has 0 bridgehead atoms. The van der Waals surface area contributed by atoms with E-state index >= 15 is 0 Å². The summed E-state index contributed by atoms with van der Waals surface area (Å²) in [4.78, 5) is 11.7. The molecule has 0 amide bonds. The molecule has 2 atom stereocenters. The summed E-state index contributed by atoms with van der Waals surface area (Å²) in [5.74, 6) is 1.08. The van der Waals surface area contributed by atoms with Gasteiger partial charge in [-0.05, 0) is 43.5 Å². The minimum Gasteiger partial charge on any atom is -0.493 e. The Morgan fingerprint density at radius 2 is 1.95 bits per heavy atom. The van der Waals surface area contributed by atoms with Gasteiger partial charge in [0.25, 0.3) is 0 Å². The van der Waals surface area contributed by atoms with Gasteiger partial charge in [0.05, 0.1) is 39.5 Å². The van der Waals surface area contributed by atoms with Crippen molar-refractivity contribution in [2.45, 2.75) is 38.9 Å². The van der Waals surface area contributed by atoms with Gasteiger partial charge in [-0.1, -0.05) is 0 Å². The zero-order chi connectivity index (χ0) is 15.4. The predicted octanol–water partition coefficient (Wildman–Crippen LogP) is 2.66. The van der Waals surface area contributed by atoms with E-state index < -0.39 is 0 Å². The molecule has 1 heterocycles. The van der Waals surface area contributed by atoms with Crippen molar-refractivity contribution >= 4 is 5.97 Å². The molecule has 1 aliphatic rings. The van der Waals surface area contributed by atoms with Crippen molar-refractivity contribution in [2.24, 2.45) is 0 Å². The highest BCUT2D eigenvalue weighted by molar-refractivity contribution is 5.70. The van der Waals surface area contributed by atoms with Crippen molar-refractivity contribution in [3.05, 3.63) is 23.3 Å². The fourth-order valence-electron chi connectivity index (χ4n) is 2.65. The summed E-state index contributed by atoms with van der Waals surface area (Å²) >= 11 is 0. The topological polar surface area (TPSA) is 54.0 Å². The smallest absolute Gasteiger partial charge is 0.308 e. The number of rotatable bonds is 5. The Kier molecular flexibility index (Phi) is 5.07. The molecule has 1 aliphatic heterocycles. The molecular weight excluding hydrogens is 272 g/mol. The van der Waals surface area contributed by atoms with Crippen molar-refractivity contribution < 1.29 is 23.7 Å². The van der Waals surface area contributed by atoms with Crippen molar-refractivity contribution in [2.75, 3.05) is 20.8 Å². The van der Waals surface area contributed by atoms with Crippen LogP contribution in [0.25, 0.3) is 0 Å². The van der Waals surface area contributed by atoms with Crippen LogP contribution in [0.5, 0.6) is 11.5 Å². The van der Waals surface area contributed by atoms with E-state index in [1.807, 2.05) is 19.1 Å². The molecule has 21 heavy (non-hydrogen) atoms. The maximum Gasteiger partial charge on any atom is 0.308 e. The molecule has 0 spiro atoms. The molecular formula is C16H22O5. The van der Waals surface area contributed by atoms with Crippen molar-refractivity contribution in [3.8, 4) is 11.5 Å². The van der Waals surface area contributed by atoms with Crippen LogP contribution < -0.4 is 9.47 Å². The molecule has 2 rings (SSSR count). The van der Waals surface area contributed by atoms with E-state index in [2.05, 4.69) is 0 Å². The quantitative estimate of drug-likeness (QED) is 0.781. The molecule has 1 aromatic carbocycles. The minimum atomic E-state index is -0.303. The Balaban J connectivity index is 2.33. The first-order chi connectivity index (χ1) is 10.1. The van der Waals surface area contributed by atoms with Crippen LogP contribution in [0, 0.1) is 0 Å². The summed E-state index contributed by atoms with van der Waals surface area (Å²) < 4.78 is 21.6. The number of fused-ring (bicyclic) bond motifs is 1. The first-order valence-corrected chi connectivity index (χ1v) is 7.14. The van der Waals surface area contributed by atoms with Crippen LogP contribution in [0.2, 0.25) is 0 Å². The summed E-state index contributed by atoms with van der Waals surface area (Å²) in [5.41, 5.74) is 2.10. The molecule has 0 fully saturated rings. The predicted molar refractivity (Wildman–Crippen MR) is 77.8 cm³/mol. The monoisotopic (exact) mass is 294 g/mol. The van der Waals surface area contributed by atoms with E-state index in [-0.39, 0.29) is 24.6 Å². The molecule has 0 radical (unpaired) electrons. The molecule has 5 heteroatoms. The lowest BCUT2D eigenvalue weighted by Gasteiger charge is -2.31. The second-order valence-corrected chi connectivity index (χ2v) is 5.05. The lowest BCUT2D eigenvalue weighted by molar-refractivity contribution is -0.148. The van der Waals surface area contributed by atoms with E-state index in [1.54, 1.807) is 21.1 Å². The number of benzene rings is 1. The van der Waals surface area contributed by atoms with Gasteiger partial charge in [0.2, 0.25) is 0 Å². The maximum absolute atomic E-state index is 11.7. The molecule has 0 aliphatic carbocycles. The Morgan fingerprint density at radius 3 is 2.57 bits per heavy atom. The van der Waals surface area contributed by atoms with Crippen LogP contribution in [-0.2, 0) is 20.7 Å². The Morgan fingerprint density at radius 1 is 1.29 bits per heavy atom. The fourth-order valence-corrected chi connectivity index (χ4v) is 2.65. The summed E-state index contributed by atoms with van der Waals surface area (Å²) in [7, 11) is 3.21. The fraction of sp³-hybridized carbons (Fsp3) is 0.562. The van der Waals surface area contributed by atoms with Crippen molar-refractivity contribution in [3.63, 3.8) is 0 Å². The average molecular weight is 294 g/mol. The summed E-state index contributed by atoms with van der Waals surface area (Å²) in [6.45, 7) is 4.17. The molecule has 0 saturated heterocycles. The Bertz CT molecular complexity index is 512. The van der Waals surface area contributed by atoms with E-state index in [0.717, 1.165) is 17.5 Å². The second-order valence-electron chi connectivity index (χ2n) is 5.05. The largest absolute Gasteiger partial charge is 0.493 e. The standard InChI is InChI=1S/C16H22O5/c1-5-20-16(17)9-13-12-8-15(19-4)14(18-3)7-11(12)6-10(2)21-13/h7-8,10,13H,5-6,9H2,1-4H3/t10-,13-/m0/s1. The van der Waals surface area contributed by atoms with Crippen LogP contribution >= 0.6 is 0 Å². The number of methoxy groups -OCH3 is 2. The average Bonchev–Trinajstić information content (AvgIpc) is 2.46. The lowest BCUT2D eigenvalue weighted by Crippen LogP contribution is -2.26. The molecule has 0 N–H and O–H groups in total. The summed E-state index contributed by atoms with van der Waals surface area (Å²) in [6.07, 6.45) is 0.744. The van der Waals surface area contributed by atoms with Crippen LogP contribution in [0.4, 0.5) is 0 Å². The highest BCUT2D eigenvalue weighted by atomic mass is 16.5. The van der Waals surface area contributed by atoms with Gasteiger partial charge in [0.1, 0.15) is 0 Å². The first-order valence-electron chi connectivity index (χ1n) is 7.14. The summed E-state index contributed by atoms with van der Waals surface area (Å²) in [5, 5.41) is 0. The van der Waals surface area contributed by atoms with Gasteiger partial charge in [-0.15, -0.1) is 0 Å². The van der Waals surface area contributed by atoms with E-state index in [1.165, 1.54) is 0 Å². The van der Waals surface area contributed by atoms with Gasteiger partial charge in [0.15, 0.2) is 11.5 Å². The van der Waals surface area contributed by atoms with Crippen LogP contribution in [0.1, 0.15) is 37.5 Å². The van der Waals surface area contributed by atoms with E-state index in [4.69, 9.17) is 18.9 Å². The molecule has 116 valence electrons. The number of esters is 1. The molecule has 0 saturated carbocycles. The zero-order valence-electron chi connectivity index (χ0n) is 13.0. The van der Waals surface area contributed by atoms with Gasteiger partial charge < -0.3 is 18.9 Å². The van der Waals surface area contributed by atoms with E-state index in [9.17, 15) is 4.79 Å². The molecule has 1 aromatic rings. The number of carbonyl (C=O) groups is 1. The van der Waals surface area contributed by atoms with Crippen LogP contribution in [0.3, 0.4) is 0 Å². The van der Waals surface area contributed by atoms with Gasteiger partial charge in [0, 0.05) is 0 Å². The Labute approximate surface area is 125 Å². The first kappa shape index (κ1) is 15.6. The third-order valence-electron chi connectivity index (χ3n) is 3.55. The van der Waals surface area contributed by atoms with Crippen LogP contribution in [-0.4, -0.2) is 32.9 Å². The maximum atomic E-state index is 11.7. The number of carbonyl (C=O) groups excluding carboxylic acids is 1. The normalized spacial score (nSPS) is 20.6. The van der Waals surface area contributed by atoms with Gasteiger partial charge in [-0.25, -0.2) is 0 Å². The zero-order valence-corrected chi connectivity index (χ0v) is 13.0. The number of hydrogen-bond donors (Lipinski definition) is 0. The molecule has 0 aromatic heterocycles. The molecule has 5 nitrogen and oxygen atoms in total. The van der Waals surface area contributed by atoms with Gasteiger partial charge in [-0.2, -0.15) is 0 Å². The number of hydrogen-bond acceptors (Lipinski definition) is 5. The summed E-state index contributed by atoms with van der Waals surface area (Å²) in [6, 6.07) is 3.86. The third-order valence-corrected chi connectivity index (χ3v) is 3.55. The third kappa shape index (κ3) is 3.47. The van der Waals surface area contributed by atoms with Crippen LogP contribution in [0.15, 0.2) is 12.1 Å². The lowest BCUT2D eigenvalue weighted by atomic mass is 9.92. The highest BCUT2D eigenvalue weighted by Gasteiger charge is 2.29. The second kappa shape index (κ2) is 6.80. The highest BCUT2D eigenvalue weighted by Crippen LogP contribution is 2.39.